The maximum absolute atomic E-state index is 12.8. The number of amides is 2. The molecule has 0 aliphatic rings. The summed E-state index contributed by atoms with van der Waals surface area (Å²) < 4.78 is 10.7. The lowest BCUT2D eigenvalue weighted by molar-refractivity contribution is -0.142. The summed E-state index contributed by atoms with van der Waals surface area (Å²) in [7, 11) is 1.59. The number of benzene rings is 2. The van der Waals surface area contributed by atoms with Crippen molar-refractivity contribution < 1.29 is 19.1 Å². The van der Waals surface area contributed by atoms with E-state index in [0.29, 0.717) is 24.6 Å². The second kappa shape index (κ2) is 10.2. The first kappa shape index (κ1) is 20.3. The van der Waals surface area contributed by atoms with Crippen LogP contribution in [0.3, 0.4) is 0 Å². The molecule has 2 aromatic carbocycles. The number of nitrogens with one attached hydrogen (secondary N) is 1. The lowest BCUT2D eigenvalue weighted by Gasteiger charge is -2.28. The Labute approximate surface area is 160 Å². The third-order valence-corrected chi connectivity index (χ3v) is 4.14. The smallest absolute Gasteiger partial charge is 0.261 e. The van der Waals surface area contributed by atoms with Gasteiger partial charge in [0.2, 0.25) is 5.91 Å². The fourth-order valence-corrected chi connectivity index (χ4v) is 2.58. The van der Waals surface area contributed by atoms with Crippen LogP contribution in [0.5, 0.6) is 11.5 Å². The summed E-state index contributed by atoms with van der Waals surface area (Å²) in [6.07, 6.45) is 0. The van der Waals surface area contributed by atoms with Gasteiger partial charge in [-0.25, -0.2) is 0 Å². The molecule has 0 aromatic heterocycles. The van der Waals surface area contributed by atoms with Gasteiger partial charge in [-0.2, -0.15) is 0 Å². The SMILES string of the molecule is CCNC(=O)C(C)N(Cc1ccccc1)C(=O)COc1ccc(OC)cc1. The average molecular weight is 370 g/mol. The van der Waals surface area contributed by atoms with Gasteiger partial charge >= 0.3 is 0 Å². The third-order valence-electron chi connectivity index (χ3n) is 4.14. The van der Waals surface area contributed by atoms with E-state index in [2.05, 4.69) is 5.32 Å². The molecule has 1 atom stereocenters. The summed E-state index contributed by atoms with van der Waals surface area (Å²) in [5, 5.41) is 2.77. The highest BCUT2D eigenvalue weighted by Gasteiger charge is 2.26. The molecule has 0 spiro atoms. The van der Waals surface area contributed by atoms with E-state index in [1.165, 1.54) is 4.90 Å². The molecule has 6 nitrogen and oxygen atoms in total. The first-order valence-electron chi connectivity index (χ1n) is 8.93. The van der Waals surface area contributed by atoms with Gasteiger partial charge in [0.25, 0.3) is 5.91 Å². The average Bonchev–Trinajstić information content (AvgIpc) is 2.71. The summed E-state index contributed by atoms with van der Waals surface area (Å²) >= 11 is 0. The Morgan fingerprint density at radius 3 is 2.26 bits per heavy atom. The normalized spacial score (nSPS) is 11.4. The number of ether oxygens (including phenoxy) is 2. The maximum atomic E-state index is 12.8. The topological polar surface area (TPSA) is 67.9 Å². The highest BCUT2D eigenvalue weighted by Crippen LogP contribution is 2.17. The van der Waals surface area contributed by atoms with Crippen LogP contribution in [0.2, 0.25) is 0 Å². The molecule has 1 N–H and O–H groups in total. The first-order valence-corrected chi connectivity index (χ1v) is 8.93. The van der Waals surface area contributed by atoms with Gasteiger partial charge < -0.3 is 19.7 Å². The highest BCUT2D eigenvalue weighted by molar-refractivity contribution is 5.87. The Balaban J connectivity index is 2.07. The van der Waals surface area contributed by atoms with Gasteiger partial charge in [0.05, 0.1) is 7.11 Å². The number of hydrogen-bond donors (Lipinski definition) is 1. The summed E-state index contributed by atoms with van der Waals surface area (Å²) in [6, 6.07) is 16.0. The Hall–Kier alpha value is -3.02. The molecule has 27 heavy (non-hydrogen) atoms. The fraction of sp³-hybridized carbons (Fsp3) is 0.333. The van der Waals surface area contributed by atoms with Crippen LogP contribution in [0, 0.1) is 0 Å². The molecule has 2 aromatic rings. The van der Waals surface area contributed by atoms with Crippen molar-refractivity contribution in [2.45, 2.75) is 26.4 Å². The van der Waals surface area contributed by atoms with Gasteiger partial charge in [-0.3, -0.25) is 9.59 Å². The van der Waals surface area contributed by atoms with Gasteiger partial charge in [-0.1, -0.05) is 30.3 Å². The standard InChI is InChI=1S/C21H26N2O4/c1-4-22-21(25)16(2)23(14-17-8-6-5-7-9-17)20(24)15-27-19-12-10-18(26-3)11-13-19/h5-13,16H,4,14-15H2,1-3H3,(H,22,25). The van der Waals surface area contributed by atoms with Crippen molar-refractivity contribution in [3.05, 3.63) is 60.2 Å². The van der Waals surface area contributed by atoms with Crippen molar-refractivity contribution in [3.63, 3.8) is 0 Å². The molecule has 0 radical (unpaired) electrons. The van der Waals surface area contributed by atoms with E-state index < -0.39 is 6.04 Å². The van der Waals surface area contributed by atoms with E-state index in [9.17, 15) is 9.59 Å². The Morgan fingerprint density at radius 2 is 1.67 bits per heavy atom. The molecular weight excluding hydrogens is 344 g/mol. The first-order chi connectivity index (χ1) is 13.0. The van der Waals surface area contributed by atoms with Crippen molar-refractivity contribution in [1.29, 1.82) is 0 Å². The quantitative estimate of drug-likeness (QED) is 0.737. The largest absolute Gasteiger partial charge is 0.497 e. The van der Waals surface area contributed by atoms with Gasteiger partial charge in [-0.15, -0.1) is 0 Å². The van der Waals surface area contributed by atoms with Crippen LogP contribution in [0.4, 0.5) is 0 Å². The Kier molecular flexibility index (Phi) is 7.67. The van der Waals surface area contributed by atoms with Crippen molar-refractivity contribution >= 4 is 11.8 Å². The van der Waals surface area contributed by atoms with Crippen LogP contribution in [-0.2, 0) is 16.1 Å². The van der Waals surface area contributed by atoms with E-state index in [1.807, 2.05) is 37.3 Å². The van der Waals surface area contributed by atoms with Crippen LogP contribution < -0.4 is 14.8 Å². The number of nitrogens with zero attached hydrogens (tertiary/aromatic N) is 1. The van der Waals surface area contributed by atoms with Crippen molar-refractivity contribution in [2.24, 2.45) is 0 Å². The van der Waals surface area contributed by atoms with Crippen LogP contribution in [0.15, 0.2) is 54.6 Å². The molecule has 144 valence electrons. The minimum atomic E-state index is -0.600. The molecule has 0 bridgehead atoms. The molecular formula is C21H26N2O4. The molecule has 6 heteroatoms. The Bertz CT molecular complexity index is 732. The van der Waals surface area contributed by atoms with E-state index in [0.717, 1.165) is 5.56 Å². The van der Waals surface area contributed by atoms with Gasteiger partial charge in [0.1, 0.15) is 17.5 Å². The van der Waals surface area contributed by atoms with Crippen LogP contribution in [0.25, 0.3) is 0 Å². The third kappa shape index (κ3) is 6.02. The zero-order chi connectivity index (χ0) is 19.6. The van der Waals surface area contributed by atoms with Crippen molar-refractivity contribution in [1.82, 2.24) is 10.2 Å². The predicted octanol–water partition coefficient (Wildman–Crippen LogP) is 2.63. The molecule has 0 saturated carbocycles. The maximum Gasteiger partial charge on any atom is 0.261 e. The summed E-state index contributed by atoms with van der Waals surface area (Å²) in [5.41, 5.74) is 0.950. The molecule has 0 heterocycles. The van der Waals surface area contributed by atoms with Crippen LogP contribution in [-0.4, -0.2) is 43.0 Å². The molecule has 1 unspecified atom stereocenters. The number of methoxy groups -OCH3 is 1. The summed E-state index contributed by atoms with van der Waals surface area (Å²) in [6.45, 7) is 4.27. The molecule has 0 aliphatic carbocycles. The molecule has 2 amide bonds. The fourth-order valence-electron chi connectivity index (χ4n) is 2.58. The highest BCUT2D eigenvalue weighted by atomic mass is 16.5. The molecule has 0 saturated heterocycles. The minimum absolute atomic E-state index is 0.150. The minimum Gasteiger partial charge on any atom is -0.497 e. The lowest BCUT2D eigenvalue weighted by Crippen LogP contribution is -2.49. The molecule has 0 aliphatic heterocycles. The zero-order valence-electron chi connectivity index (χ0n) is 16.0. The monoisotopic (exact) mass is 370 g/mol. The van der Waals surface area contributed by atoms with Gasteiger partial charge in [-0.05, 0) is 43.7 Å². The summed E-state index contributed by atoms with van der Waals surface area (Å²) in [4.78, 5) is 26.6. The van der Waals surface area contributed by atoms with Crippen molar-refractivity contribution in [3.8, 4) is 11.5 Å². The second-order valence-electron chi connectivity index (χ2n) is 6.04. The zero-order valence-corrected chi connectivity index (χ0v) is 16.0. The van der Waals surface area contributed by atoms with E-state index in [-0.39, 0.29) is 18.4 Å². The second-order valence-corrected chi connectivity index (χ2v) is 6.04. The van der Waals surface area contributed by atoms with Gasteiger partial charge in [0, 0.05) is 13.1 Å². The van der Waals surface area contributed by atoms with Crippen LogP contribution >= 0.6 is 0 Å². The molecule has 0 fully saturated rings. The van der Waals surface area contributed by atoms with Crippen LogP contribution in [0.1, 0.15) is 19.4 Å². The number of hydrogen-bond acceptors (Lipinski definition) is 4. The number of carbonyl (C=O) groups excluding carboxylic acids is 2. The lowest BCUT2D eigenvalue weighted by atomic mass is 10.1. The molecule has 2 rings (SSSR count). The van der Waals surface area contributed by atoms with Gasteiger partial charge in [0.15, 0.2) is 6.61 Å². The Morgan fingerprint density at radius 1 is 1.04 bits per heavy atom. The number of rotatable bonds is 9. The number of likely N-dealkylation sites (N-methyl/N-ethyl adjacent to an activating group) is 1. The summed E-state index contributed by atoms with van der Waals surface area (Å²) in [5.74, 6) is 0.832. The predicted molar refractivity (Wildman–Crippen MR) is 104 cm³/mol. The van der Waals surface area contributed by atoms with E-state index >= 15 is 0 Å². The van der Waals surface area contributed by atoms with E-state index in [4.69, 9.17) is 9.47 Å². The number of carbonyl (C=O) groups is 2. The van der Waals surface area contributed by atoms with E-state index in [1.54, 1.807) is 38.3 Å². The van der Waals surface area contributed by atoms with Crippen molar-refractivity contribution in [2.75, 3.05) is 20.3 Å².